The molecule has 0 aliphatic heterocycles. The van der Waals surface area contributed by atoms with Crippen molar-refractivity contribution < 1.29 is 9.21 Å². The lowest BCUT2D eigenvalue weighted by atomic mass is 10.1. The zero-order valence-corrected chi connectivity index (χ0v) is 12.8. The van der Waals surface area contributed by atoms with E-state index in [0.717, 1.165) is 16.7 Å². The SMILES string of the molecule is CC(NC(=O)C1(C)CC1(Cl)Cl)c1cc2ccccc2o1. The Balaban J connectivity index is 1.76. The van der Waals surface area contributed by atoms with Crippen molar-refractivity contribution in [1.29, 1.82) is 0 Å². The average molecular weight is 312 g/mol. The molecule has 3 rings (SSSR count). The minimum Gasteiger partial charge on any atom is -0.459 e. The van der Waals surface area contributed by atoms with Crippen molar-refractivity contribution in [3.05, 3.63) is 36.1 Å². The monoisotopic (exact) mass is 311 g/mol. The Hall–Kier alpha value is -1.19. The van der Waals surface area contributed by atoms with Gasteiger partial charge in [-0.2, -0.15) is 0 Å². The molecular formula is C15H15Cl2NO2. The van der Waals surface area contributed by atoms with E-state index in [0.29, 0.717) is 6.42 Å². The Morgan fingerprint density at radius 2 is 2.05 bits per heavy atom. The van der Waals surface area contributed by atoms with Crippen molar-refractivity contribution in [3.63, 3.8) is 0 Å². The van der Waals surface area contributed by atoms with E-state index >= 15 is 0 Å². The highest BCUT2D eigenvalue weighted by Crippen LogP contribution is 2.63. The van der Waals surface area contributed by atoms with Crippen LogP contribution < -0.4 is 5.32 Å². The van der Waals surface area contributed by atoms with Crippen molar-refractivity contribution in [2.24, 2.45) is 5.41 Å². The van der Waals surface area contributed by atoms with E-state index < -0.39 is 9.75 Å². The lowest BCUT2D eigenvalue weighted by Crippen LogP contribution is -2.34. The van der Waals surface area contributed by atoms with Crippen LogP contribution in [0.15, 0.2) is 34.7 Å². The summed E-state index contributed by atoms with van der Waals surface area (Å²) in [6, 6.07) is 9.45. The highest BCUT2D eigenvalue weighted by atomic mass is 35.5. The summed E-state index contributed by atoms with van der Waals surface area (Å²) in [7, 11) is 0. The maximum Gasteiger partial charge on any atom is 0.229 e. The zero-order valence-electron chi connectivity index (χ0n) is 11.2. The molecule has 1 amide bonds. The van der Waals surface area contributed by atoms with E-state index in [9.17, 15) is 4.79 Å². The molecule has 2 atom stereocenters. The average Bonchev–Trinajstić information content (AvgIpc) is 2.76. The van der Waals surface area contributed by atoms with Gasteiger partial charge in [-0.1, -0.05) is 18.2 Å². The number of furan rings is 1. The fourth-order valence-corrected chi connectivity index (χ4v) is 3.00. The molecule has 1 aromatic heterocycles. The first-order valence-electron chi connectivity index (χ1n) is 6.51. The molecule has 5 heteroatoms. The van der Waals surface area contributed by atoms with Gasteiger partial charge >= 0.3 is 0 Å². The molecule has 0 saturated heterocycles. The van der Waals surface area contributed by atoms with E-state index in [1.165, 1.54) is 0 Å². The number of hydrogen-bond acceptors (Lipinski definition) is 2. The van der Waals surface area contributed by atoms with Crippen molar-refractivity contribution in [1.82, 2.24) is 5.32 Å². The molecule has 1 aliphatic rings. The quantitative estimate of drug-likeness (QED) is 0.863. The zero-order chi connectivity index (χ0) is 14.5. The summed E-state index contributed by atoms with van der Waals surface area (Å²) in [5.74, 6) is 0.578. The fraction of sp³-hybridized carbons (Fsp3) is 0.400. The first-order chi connectivity index (χ1) is 9.33. The molecule has 2 unspecified atom stereocenters. The summed E-state index contributed by atoms with van der Waals surface area (Å²) in [5, 5.41) is 3.93. The Morgan fingerprint density at radius 3 is 2.65 bits per heavy atom. The Bertz CT molecular complexity index is 646. The lowest BCUT2D eigenvalue weighted by molar-refractivity contribution is -0.126. The van der Waals surface area contributed by atoms with E-state index in [-0.39, 0.29) is 11.9 Å². The third-order valence-electron chi connectivity index (χ3n) is 3.98. The van der Waals surface area contributed by atoms with E-state index in [4.69, 9.17) is 27.6 Å². The highest BCUT2D eigenvalue weighted by Gasteiger charge is 2.68. The molecule has 2 aromatic rings. The van der Waals surface area contributed by atoms with Crippen LogP contribution in [0, 0.1) is 5.41 Å². The number of halogens is 2. The van der Waals surface area contributed by atoms with Crippen LogP contribution in [0.1, 0.15) is 32.1 Å². The van der Waals surface area contributed by atoms with Crippen molar-refractivity contribution in [3.8, 4) is 0 Å². The van der Waals surface area contributed by atoms with Crippen LogP contribution in [0.2, 0.25) is 0 Å². The topological polar surface area (TPSA) is 42.2 Å². The van der Waals surface area contributed by atoms with Crippen molar-refractivity contribution in [2.75, 3.05) is 0 Å². The molecule has 0 spiro atoms. The van der Waals surface area contributed by atoms with Gasteiger partial charge in [0.05, 0.1) is 11.5 Å². The Morgan fingerprint density at radius 1 is 1.40 bits per heavy atom. The van der Waals surface area contributed by atoms with Crippen LogP contribution in [0.3, 0.4) is 0 Å². The standard InChI is InChI=1S/C15H15Cl2NO2/c1-9(18-13(19)14(2)8-15(14,16)17)12-7-10-5-3-4-6-11(10)20-12/h3-7,9H,8H2,1-2H3,(H,18,19). The summed E-state index contributed by atoms with van der Waals surface area (Å²) in [6.45, 7) is 3.65. The second kappa shape index (κ2) is 4.40. The Kier molecular flexibility index (Phi) is 3.03. The number of hydrogen-bond donors (Lipinski definition) is 1. The number of carbonyl (C=O) groups is 1. The van der Waals surface area contributed by atoms with Gasteiger partial charge < -0.3 is 9.73 Å². The van der Waals surface area contributed by atoms with Crippen LogP contribution in [0.5, 0.6) is 0 Å². The molecule has 3 nitrogen and oxygen atoms in total. The second-order valence-corrected chi connectivity index (χ2v) is 7.08. The second-order valence-electron chi connectivity index (χ2n) is 5.60. The van der Waals surface area contributed by atoms with Gasteiger partial charge in [0.25, 0.3) is 0 Å². The van der Waals surface area contributed by atoms with Crippen molar-refractivity contribution in [2.45, 2.75) is 30.6 Å². The molecule has 1 saturated carbocycles. The minimum absolute atomic E-state index is 0.143. The predicted molar refractivity (Wildman–Crippen MR) is 79.9 cm³/mol. The maximum atomic E-state index is 12.2. The highest BCUT2D eigenvalue weighted by molar-refractivity contribution is 6.53. The summed E-state index contributed by atoms with van der Waals surface area (Å²) < 4.78 is 4.78. The largest absolute Gasteiger partial charge is 0.459 e. The minimum atomic E-state index is -0.954. The molecule has 1 heterocycles. The third-order valence-corrected chi connectivity index (χ3v) is 5.08. The predicted octanol–water partition coefficient (Wildman–Crippen LogP) is 4.19. The molecule has 1 fully saturated rings. The number of amides is 1. The summed E-state index contributed by atoms with van der Waals surface area (Å²) in [6.07, 6.45) is 0.474. The van der Waals surface area contributed by atoms with Crippen LogP contribution in [0.25, 0.3) is 11.0 Å². The molecule has 1 aromatic carbocycles. The maximum absolute atomic E-state index is 12.2. The summed E-state index contributed by atoms with van der Waals surface area (Å²) in [5.41, 5.74) is 0.0985. The van der Waals surface area contributed by atoms with Crippen LogP contribution in [-0.4, -0.2) is 10.2 Å². The number of fused-ring (bicyclic) bond motifs is 1. The molecule has 20 heavy (non-hydrogen) atoms. The first kappa shape index (κ1) is 13.8. The van der Waals surface area contributed by atoms with Gasteiger partial charge in [0.1, 0.15) is 15.7 Å². The molecular weight excluding hydrogens is 297 g/mol. The number of nitrogens with one attached hydrogen (secondary N) is 1. The third kappa shape index (κ3) is 2.09. The fourth-order valence-electron chi connectivity index (χ4n) is 2.29. The number of alkyl halides is 2. The van der Waals surface area contributed by atoms with Gasteiger partial charge in [-0.25, -0.2) is 0 Å². The molecule has 1 aliphatic carbocycles. The Labute approximate surface area is 127 Å². The smallest absolute Gasteiger partial charge is 0.229 e. The number of carbonyl (C=O) groups excluding carboxylic acids is 1. The van der Waals surface area contributed by atoms with Gasteiger partial charge in [0.15, 0.2) is 0 Å². The van der Waals surface area contributed by atoms with Gasteiger partial charge in [-0.3, -0.25) is 4.79 Å². The normalized spacial score (nSPS) is 25.4. The van der Waals surface area contributed by atoms with Gasteiger partial charge in [0, 0.05) is 5.39 Å². The molecule has 1 N–H and O–H groups in total. The molecule has 0 radical (unpaired) electrons. The van der Waals surface area contributed by atoms with E-state index in [2.05, 4.69) is 5.32 Å². The van der Waals surface area contributed by atoms with Crippen molar-refractivity contribution >= 4 is 40.1 Å². The van der Waals surface area contributed by atoms with E-state index in [1.54, 1.807) is 6.92 Å². The number of rotatable bonds is 3. The number of benzene rings is 1. The van der Waals surface area contributed by atoms with Crippen LogP contribution in [0.4, 0.5) is 0 Å². The number of para-hydroxylation sites is 1. The van der Waals surface area contributed by atoms with Gasteiger partial charge in [0.2, 0.25) is 5.91 Å². The lowest BCUT2D eigenvalue weighted by Gasteiger charge is -2.16. The van der Waals surface area contributed by atoms with E-state index in [1.807, 2.05) is 37.3 Å². The summed E-state index contributed by atoms with van der Waals surface area (Å²) >= 11 is 12.0. The summed E-state index contributed by atoms with van der Waals surface area (Å²) in [4.78, 5) is 12.2. The molecule has 106 valence electrons. The van der Waals surface area contributed by atoms with Gasteiger partial charge in [-0.05, 0) is 32.4 Å². The molecule has 0 bridgehead atoms. The van der Waals surface area contributed by atoms with Crippen LogP contribution in [-0.2, 0) is 4.79 Å². The van der Waals surface area contributed by atoms with Crippen LogP contribution >= 0.6 is 23.2 Å². The first-order valence-corrected chi connectivity index (χ1v) is 7.26. The van der Waals surface area contributed by atoms with Gasteiger partial charge in [-0.15, -0.1) is 23.2 Å².